The molecule has 0 spiro atoms. The summed E-state index contributed by atoms with van der Waals surface area (Å²) < 4.78 is 27.0. The normalized spacial score (nSPS) is 14.6. The van der Waals surface area contributed by atoms with Crippen LogP contribution in [0.1, 0.15) is 43.2 Å². The molecule has 1 atom stereocenters. The molecular formula is C31H32Cl5N3O4S. The van der Waals surface area contributed by atoms with Crippen molar-refractivity contribution in [3.63, 3.8) is 0 Å². The Morgan fingerprint density at radius 2 is 1.52 bits per heavy atom. The quantitative estimate of drug-likeness (QED) is 0.205. The molecule has 44 heavy (non-hydrogen) atoms. The number of carbonyl (C=O) groups is 2. The highest BCUT2D eigenvalue weighted by molar-refractivity contribution is 7.92. The van der Waals surface area contributed by atoms with Gasteiger partial charge in [-0.15, -0.1) is 0 Å². The molecule has 3 aromatic rings. The van der Waals surface area contributed by atoms with Gasteiger partial charge in [0, 0.05) is 29.1 Å². The van der Waals surface area contributed by atoms with Crippen molar-refractivity contribution in [2.24, 2.45) is 0 Å². The number of anilines is 1. The molecule has 3 aromatic carbocycles. The zero-order chi connectivity index (χ0) is 32.0. The summed E-state index contributed by atoms with van der Waals surface area (Å²) in [6, 6.07) is 15.8. The van der Waals surface area contributed by atoms with E-state index >= 15 is 0 Å². The fourth-order valence-corrected chi connectivity index (χ4v) is 7.24. The van der Waals surface area contributed by atoms with Crippen molar-refractivity contribution < 1.29 is 18.0 Å². The molecular weight excluding hydrogens is 688 g/mol. The molecule has 0 aromatic heterocycles. The molecule has 0 bridgehead atoms. The van der Waals surface area contributed by atoms with Crippen LogP contribution in [0, 0.1) is 0 Å². The molecule has 0 radical (unpaired) electrons. The Kier molecular flexibility index (Phi) is 12.1. The summed E-state index contributed by atoms with van der Waals surface area (Å²) >= 11 is 31.3. The summed E-state index contributed by atoms with van der Waals surface area (Å²) in [5.74, 6) is -0.985. The maximum atomic E-state index is 14.3. The molecule has 4 rings (SSSR count). The Balaban J connectivity index is 1.77. The highest BCUT2D eigenvalue weighted by Crippen LogP contribution is 2.36. The van der Waals surface area contributed by atoms with Crippen molar-refractivity contribution in [1.82, 2.24) is 10.2 Å². The maximum absolute atomic E-state index is 14.3. The Morgan fingerprint density at radius 1 is 0.864 bits per heavy atom. The van der Waals surface area contributed by atoms with Gasteiger partial charge in [0.25, 0.3) is 0 Å². The van der Waals surface area contributed by atoms with Crippen molar-refractivity contribution >= 4 is 85.5 Å². The summed E-state index contributed by atoms with van der Waals surface area (Å²) in [6.45, 7) is -0.749. The van der Waals surface area contributed by atoms with Gasteiger partial charge in [-0.3, -0.25) is 13.9 Å². The van der Waals surface area contributed by atoms with E-state index in [4.69, 9.17) is 58.0 Å². The van der Waals surface area contributed by atoms with Crippen LogP contribution in [-0.4, -0.2) is 50.0 Å². The van der Waals surface area contributed by atoms with Crippen LogP contribution in [0.15, 0.2) is 60.7 Å². The predicted molar refractivity (Wildman–Crippen MR) is 180 cm³/mol. The lowest BCUT2D eigenvalue weighted by atomic mass is 9.94. The first-order valence-corrected chi connectivity index (χ1v) is 17.8. The van der Waals surface area contributed by atoms with Crippen molar-refractivity contribution in [3.05, 3.63) is 96.9 Å². The Labute approximate surface area is 283 Å². The number of hydrogen-bond donors (Lipinski definition) is 1. The highest BCUT2D eigenvalue weighted by Gasteiger charge is 2.35. The van der Waals surface area contributed by atoms with Crippen LogP contribution in [0.2, 0.25) is 25.1 Å². The number of benzene rings is 3. The van der Waals surface area contributed by atoms with Gasteiger partial charge in [-0.25, -0.2) is 8.42 Å². The van der Waals surface area contributed by atoms with Crippen molar-refractivity contribution in [3.8, 4) is 0 Å². The Bertz CT molecular complexity index is 1600. The van der Waals surface area contributed by atoms with Crippen molar-refractivity contribution in [2.75, 3.05) is 17.1 Å². The highest BCUT2D eigenvalue weighted by atomic mass is 35.5. The smallest absolute Gasteiger partial charge is 0.244 e. The van der Waals surface area contributed by atoms with Gasteiger partial charge in [-0.2, -0.15) is 0 Å². The molecule has 7 nitrogen and oxygen atoms in total. The van der Waals surface area contributed by atoms with E-state index in [1.165, 1.54) is 17.0 Å². The average molecular weight is 720 g/mol. The van der Waals surface area contributed by atoms with Crippen LogP contribution in [0.5, 0.6) is 0 Å². The topological polar surface area (TPSA) is 86.8 Å². The van der Waals surface area contributed by atoms with E-state index in [1.54, 1.807) is 18.2 Å². The van der Waals surface area contributed by atoms with Gasteiger partial charge in [0.2, 0.25) is 21.8 Å². The largest absolute Gasteiger partial charge is 0.352 e. The standard InChI is InChI=1S/C31H32Cl5N3O4S/c1-44(42,43)39(28-17-26(35)25(34)16-27(28)36)19-30(40)38(18-21-12-13-22(32)15-24(21)33)29(14-20-8-4-2-5-9-20)31(41)37-23-10-6-3-7-11-23/h2,4-5,8-9,12-13,15-17,23,29H,3,6-7,10-11,14,18-19H2,1H3,(H,37,41)/t29-/m0/s1. The second kappa shape index (κ2) is 15.4. The number of hydrogen-bond acceptors (Lipinski definition) is 4. The van der Waals surface area contributed by atoms with E-state index in [1.807, 2.05) is 30.3 Å². The lowest BCUT2D eigenvalue weighted by molar-refractivity contribution is -0.140. The Hall–Kier alpha value is -2.20. The molecule has 1 N–H and O–H groups in total. The zero-order valence-electron chi connectivity index (χ0n) is 23.9. The van der Waals surface area contributed by atoms with Crippen LogP contribution in [0.3, 0.4) is 0 Å². The second-order valence-electron chi connectivity index (χ2n) is 10.8. The second-order valence-corrected chi connectivity index (χ2v) is 14.8. The summed E-state index contributed by atoms with van der Waals surface area (Å²) in [5.41, 5.74) is 1.34. The van der Waals surface area contributed by atoms with Gasteiger partial charge >= 0.3 is 0 Å². The van der Waals surface area contributed by atoms with E-state index < -0.39 is 28.5 Å². The van der Waals surface area contributed by atoms with Crippen LogP contribution >= 0.6 is 58.0 Å². The Morgan fingerprint density at radius 3 is 2.16 bits per heavy atom. The van der Waals surface area contributed by atoms with Crippen molar-refractivity contribution in [2.45, 2.75) is 57.2 Å². The van der Waals surface area contributed by atoms with E-state index in [0.717, 1.165) is 48.2 Å². The van der Waals surface area contributed by atoms with Crippen LogP contribution in [0.25, 0.3) is 0 Å². The minimum atomic E-state index is -4.06. The fourth-order valence-electron chi connectivity index (χ4n) is 5.23. The number of amides is 2. The fraction of sp³-hybridized carbons (Fsp3) is 0.355. The molecule has 1 saturated carbocycles. The molecule has 2 amide bonds. The third-order valence-corrected chi connectivity index (χ3v) is 10.3. The predicted octanol–water partition coefficient (Wildman–Crippen LogP) is 7.81. The molecule has 1 aliphatic rings. The van der Waals surface area contributed by atoms with E-state index in [9.17, 15) is 18.0 Å². The van der Waals surface area contributed by atoms with Gasteiger partial charge in [0.15, 0.2) is 0 Å². The molecule has 0 aliphatic heterocycles. The third kappa shape index (κ3) is 9.18. The van der Waals surface area contributed by atoms with Gasteiger partial charge < -0.3 is 10.2 Å². The molecule has 0 saturated heterocycles. The molecule has 0 unspecified atom stereocenters. The third-order valence-electron chi connectivity index (χ3n) is 7.52. The minimum Gasteiger partial charge on any atom is -0.352 e. The van der Waals surface area contributed by atoms with Crippen LogP contribution < -0.4 is 9.62 Å². The van der Waals surface area contributed by atoms with Gasteiger partial charge in [-0.1, -0.05) is 114 Å². The van der Waals surface area contributed by atoms with E-state index in [0.29, 0.717) is 15.6 Å². The summed E-state index contributed by atoms with van der Waals surface area (Å²) in [4.78, 5) is 29.7. The minimum absolute atomic E-state index is 0.0132. The van der Waals surface area contributed by atoms with Gasteiger partial charge in [-0.05, 0) is 48.2 Å². The van der Waals surface area contributed by atoms with Gasteiger partial charge in [0.05, 0.1) is 27.0 Å². The first-order chi connectivity index (χ1) is 20.8. The first-order valence-electron chi connectivity index (χ1n) is 14.0. The number of sulfonamides is 1. The molecule has 0 heterocycles. The van der Waals surface area contributed by atoms with E-state index in [-0.39, 0.29) is 45.7 Å². The maximum Gasteiger partial charge on any atom is 0.244 e. The number of carbonyl (C=O) groups excluding carboxylic acids is 2. The van der Waals surface area contributed by atoms with Crippen LogP contribution in [-0.2, 0) is 32.6 Å². The van der Waals surface area contributed by atoms with Crippen LogP contribution in [0.4, 0.5) is 5.69 Å². The summed E-state index contributed by atoms with van der Waals surface area (Å²) in [6.07, 6.45) is 5.95. The summed E-state index contributed by atoms with van der Waals surface area (Å²) in [7, 11) is -4.06. The molecule has 13 heteroatoms. The SMILES string of the molecule is CS(=O)(=O)N(CC(=O)N(Cc1ccc(Cl)cc1Cl)[C@@H](Cc1ccccc1)C(=O)NC1CCCCC1)c1cc(Cl)c(Cl)cc1Cl. The van der Waals surface area contributed by atoms with E-state index in [2.05, 4.69) is 5.32 Å². The number of halogens is 5. The lowest BCUT2D eigenvalue weighted by Crippen LogP contribution is -2.55. The van der Waals surface area contributed by atoms with Crippen molar-refractivity contribution in [1.29, 1.82) is 0 Å². The summed E-state index contributed by atoms with van der Waals surface area (Å²) in [5, 5.41) is 4.03. The average Bonchev–Trinajstić information content (AvgIpc) is 2.97. The first kappa shape index (κ1) is 34.7. The lowest BCUT2D eigenvalue weighted by Gasteiger charge is -2.35. The van der Waals surface area contributed by atoms with Gasteiger partial charge in [0.1, 0.15) is 12.6 Å². The number of nitrogens with one attached hydrogen (secondary N) is 1. The molecule has 1 aliphatic carbocycles. The number of nitrogens with zero attached hydrogens (tertiary/aromatic N) is 2. The molecule has 1 fully saturated rings. The monoisotopic (exact) mass is 717 g/mol. The zero-order valence-corrected chi connectivity index (χ0v) is 28.5. The molecule has 236 valence electrons. The number of rotatable bonds is 11.